The molecule has 24 heavy (non-hydrogen) atoms. The van der Waals surface area contributed by atoms with Gasteiger partial charge in [-0.05, 0) is 50.5 Å². The Kier molecular flexibility index (Phi) is 5.73. The fourth-order valence-electron chi connectivity index (χ4n) is 2.54. The molecule has 1 aromatic carbocycles. The lowest BCUT2D eigenvalue weighted by Gasteiger charge is -2.11. The van der Waals surface area contributed by atoms with E-state index in [9.17, 15) is 9.59 Å². The Morgan fingerprint density at radius 3 is 2.33 bits per heavy atom. The van der Waals surface area contributed by atoms with Crippen LogP contribution in [0, 0.1) is 20.8 Å². The Labute approximate surface area is 142 Å². The summed E-state index contributed by atoms with van der Waals surface area (Å²) < 4.78 is 1.71. The van der Waals surface area contributed by atoms with Gasteiger partial charge in [-0.25, -0.2) is 4.68 Å². The van der Waals surface area contributed by atoms with Crippen LogP contribution in [0.2, 0.25) is 0 Å². The van der Waals surface area contributed by atoms with Gasteiger partial charge in [-0.3, -0.25) is 9.59 Å². The van der Waals surface area contributed by atoms with Crippen LogP contribution in [0.5, 0.6) is 0 Å². The molecule has 0 unspecified atom stereocenters. The van der Waals surface area contributed by atoms with E-state index < -0.39 is 0 Å². The number of hydrogen-bond donors (Lipinski definition) is 2. The van der Waals surface area contributed by atoms with Crippen LogP contribution >= 0.6 is 0 Å². The van der Waals surface area contributed by atoms with E-state index in [0.717, 1.165) is 28.9 Å². The van der Waals surface area contributed by atoms with Crippen molar-refractivity contribution in [3.8, 4) is 5.69 Å². The van der Waals surface area contributed by atoms with Gasteiger partial charge in [0.25, 0.3) is 0 Å². The van der Waals surface area contributed by atoms with Gasteiger partial charge in [-0.2, -0.15) is 5.10 Å². The number of anilines is 1. The average molecular weight is 328 g/mol. The van der Waals surface area contributed by atoms with Crippen molar-refractivity contribution < 1.29 is 9.59 Å². The zero-order chi connectivity index (χ0) is 17.7. The highest BCUT2D eigenvalue weighted by molar-refractivity contribution is 5.94. The quantitative estimate of drug-likeness (QED) is 0.856. The number of rotatable bonds is 6. The van der Waals surface area contributed by atoms with E-state index >= 15 is 0 Å². The number of nitrogens with zero attached hydrogens (tertiary/aromatic N) is 2. The third-order valence-corrected chi connectivity index (χ3v) is 3.47. The molecule has 2 rings (SSSR count). The number of amides is 2. The lowest BCUT2D eigenvalue weighted by atomic mass is 10.1. The lowest BCUT2D eigenvalue weighted by Crippen LogP contribution is -2.33. The summed E-state index contributed by atoms with van der Waals surface area (Å²) in [7, 11) is 0. The molecule has 2 N–H and O–H groups in total. The molecular weight excluding hydrogens is 304 g/mol. The van der Waals surface area contributed by atoms with E-state index in [0.29, 0.717) is 12.2 Å². The highest BCUT2D eigenvalue weighted by atomic mass is 16.2. The van der Waals surface area contributed by atoms with Crippen molar-refractivity contribution in [2.24, 2.45) is 0 Å². The number of benzene rings is 1. The third kappa shape index (κ3) is 4.68. The molecule has 0 aliphatic carbocycles. The van der Waals surface area contributed by atoms with Crippen molar-refractivity contribution in [2.45, 2.75) is 40.5 Å². The fourth-order valence-corrected chi connectivity index (χ4v) is 2.54. The van der Waals surface area contributed by atoms with Crippen LogP contribution in [0.4, 0.5) is 5.82 Å². The largest absolute Gasteiger partial charge is 0.347 e. The molecule has 6 nitrogen and oxygen atoms in total. The van der Waals surface area contributed by atoms with E-state index in [2.05, 4.69) is 21.8 Å². The van der Waals surface area contributed by atoms with E-state index in [-0.39, 0.29) is 18.4 Å². The Morgan fingerprint density at radius 1 is 1.04 bits per heavy atom. The van der Waals surface area contributed by atoms with Crippen molar-refractivity contribution in [3.05, 3.63) is 41.1 Å². The smallest absolute Gasteiger partial charge is 0.244 e. The van der Waals surface area contributed by atoms with Gasteiger partial charge in [0.15, 0.2) is 0 Å². The van der Waals surface area contributed by atoms with Gasteiger partial charge in [-0.1, -0.05) is 13.0 Å². The monoisotopic (exact) mass is 328 g/mol. The highest BCUT2D eigenvalue weighted by Gasteiger charge is 2.12. The summed E-state index contributed by atoms with van der Waals surface area (Å²) in [6, 6.07) is 7.92. The van der Waals surface area contributed by atoms with Crippen LogP contribution in [0.1, 0.15) is 36.6 Å². The predicted molar refractivity (Wildman–Crippen MR) is 94.3 cm³/mol. The first kappa shape index (κ1) is 17.7. The van der Waals surface area contributed by atoms with Crippen molar-refractivity contribution in [1.82, 2.24) is 15.1 Å². The fraction of sp³-hybridized carbons (Fsp3) is 0.389. The van der Waals surface area contributed by atoms with E-state index in [1.807, 2.05) is 45.9 Å². The molecule has 2 aromatic rings. The van der Waals surface area contributed by atoms with Crippen LogP contribution in [-0.4, -0.2) is 28.1 Å². The first-order valence-electron chi connectivity index (χ1n) is 8.11. The van der Waals surface area contributed by atoms with Crippen LogP contribution < -0.4 is 10.6 Å². The van der Waals surface area contributed by atoms with Gasteiger partial charge in [-0.15, -0.1) is 0 Å². The molecule has 1 heterocycles. The average Bonchev–Trinajstić information content (AvgIpc) is 2.85. The molecular formula is C18H24N4O2. The molecule has 0 spiro atoms. The Hall–Kier alpha value is -2.63. The van der Waals surface area contributed by atoms with Gasteiger partial charge in [0.05, 0.1) is 17.9 Å². The summed E-state index contributed by atoms with van der Waals surface area (Å²) in [6.45, 7) is 7.79. The molecule has 0 aliphatic rings. The van der Waals surface area contributed by atoms with Crippen LogP contribution in [0.15, 0.2) is 24.3 Å². The molecule has 0 bridgehead atoms. The van der Waals surface area contributed by atoms with Crippen molar-refractivity contribution in [1.29, 1.82) is 0 Å². The number of aryl methyl sites for hydroxylation is 3. The SMILES string of the molecule is CCCC(=O)NCC(=O)Nc1cc(C)nn1-c1cc(C)cc(C)c1. The van der Waals surface area contributed by atoms with Crippen LogP contribution in [0.25, 0.3) is 5.69 Å². The number of carbonyl (C=O) groups is 2. The molecule has 0 radical (unpaired) electrons. The number of aromatic nitrogens is 2. The predicted octanol–water partition coefficient (Wildman–Crippen LogP) is 2.65. The summed E-state index contributed by atoms with van der Waals surface area (Å²) in [5.41, 5.74) is 3.95. The van der Waals surface area contributed by atoms with Crippen LogP contribution in [0.3, 0.4) is 0 Å². The maximum atomic E-state index is 12.1. The molecule has 128 valence electrons. The molecule has 0 saturated carbocycles. The number of carbonyl (C=O) groups excluding carboxylic acids is 2. The van der Waals surface area contributed by atoms with Crippen molar-refractivity contribution in [2.75, 3.05) is 11.9 Å². The molecule has 0 atom stereocenters. The van der Waals surface area contributed by atoms with E-state index in [4.69, 9.17) is 0 Å². The number of nitrogens with one attached hydrogen (secondary N) is 2. The topological polar surface area (TPSA) is 76.0 Å². The van der Waals surface area contributed by atoms with Gasteiger partial charge in [0, 0.05) is 12.5 Å². The Bertz CT molecular complexity index is 729. The normalized spacial score (nSPS) is 10.5. The second kappa shape index (κ2) is 7.77. The summed E-state index contributed by atoms with van der Waals surface area (Å²) in [4.78, 5) is 23.5. The Balaban J connectivity index is 2.14. The zero-order valence-corrected chi connectivity index (χ0v) is 14.6. The Morgan fingerprint density at radius 2 is 1.71 bits per heavy atom. The highest BCUT2D eigenvalue weighted by Crippen LogP contribution is 2.19. The maximum Gasteiger partial charge on any atom is 0.244 e. The summed E-state index contributed by atoms with van der Waals surface area (Å²) in [6.07, 6.45) is 1.18. The number of hydrogen-bond acceptors (Lipinski definition) is 3. The molecule has 1 aromatic heterocycles. The van der Waals surface area contributed by atoms with E-state index in [1.54, 1.807) is 4.68 Å². The minimum atomic E-state index is -0.273. The van der Waals surface area contributed by atoms with Gasteiger partial charge in [0.1, 0.15) is 5.82 Å². The molecule has 0 saturated heterocycles. The van der Waals surface area contributed by atoms with Crippen molar-refractivity contribution in [3.63, 3.8) is 0 Å². The summed E-state index contributed by atoms with van der Waals surface area (Å²) in [5, 5.41) is 9.88. The maximum absolute atomic E-state index is 12.1. The lowest BCUT2D eigenvalue weighted by molar-refractivity contribution is -0.124. The molecule has 0 aliphatic heterocycles. The second-order valence-electron chi connectivity index (χ2n) is 6.00. The summed E-state index contributed by atoms with van der Waals surface area (Å²) in [5.74, 6) is 0.198. The van der Waals surface area contributed by atoms with Crippen LogP contribution in [-0.2, 0) is 9.59 Å². The molecule has 6 heteroatoms. The van der Waals surface area contributed by atoms with Gasteiger partial charge >= 0.3 is 0 Å². The second-order valence-corrected chi connectivity index (χ2v) is 6.00. The summed E-state index contributed by atoms with van der Waals surface area (Å²) >= 11 is 0. The minimum absolute atomic E-state index is 0.0457. The van der Waals surface area contributed by atoms with Gasteiger partial charge in [0.2, 0.25) is 11.8 Å². The standard InChI is InChI=1S/C18H24N4O2/c1-5-6-17(23)19-11-18(24)20-16-10-14(4)21-22(16)15-8-12(2)7-13(3)9-15/h7-10H,5-6,11H2,1-4H3,(H,19,23)(H,20,24). The first-order chi connectivity index (χ1) is 11.4. The van der Waals surface area contributed by atoms with E-state index in [1.165, 1.54) is 0 Å². The molecule has 0 fully saturated rings. The van der Waals surface area contributed by atoms with Crippen molar-refractivity contribution >= 4 is 17.6 Å². The zero-order valence-electron chi connectivity index (χ0n) is 14.6. The first-order valence-corrected chi connectivity index (χ1v) is 8.11. The minimum Gasteiger partial charge on any atom is -0.347 e. The molecule has 2 amide bonds. The van der Waals surface area contributed by atoms with Gasteiger partial charge < -0.3 is 10.6 Å². The third-order valence-electron chi connectivity index (χ3n) is 3.47.